The van der Waals surface area contributed by atoms with Crippen molar-refractivity contribution in [3.05, 3.63) is 11.6 Å². The summed E-state index contributed by atoms with van der Waals surface area (Å²) in [4.78, 5) is 4.56. The molecule has 0 aliphatic rings. The number of aromatic nitrogens is 3. The number of hydrogen-bond acceptors (Lipinski definition) is 4. The first kappa shape index (κ1) is 22.1. The predicted molar refractivity (Wildman–Crippen MR) is 104 cm³/mol. The van der Waals surface area contributed by atoms with Crippen molar-refractivity contribution >= 4 is 29.9 Å². The molecule has 1 atom stereocenters. The van der Waals surface area contributed by atoms with E-state index in [0.29, 0.717) is 12.5 Å². The molecular formula is C15H31IN6O. The van der Waals surface area contributed by atoms with Gasteiger partial charge in [-0.1, -0.05) is 13.3 Å². The van der Waals surface area contributed by atoms with Crippen molar-refractivity contribution in [1.82, 2.24) is 25.4 Å². The second-order valence-corrected chi connectivity index (χ2v) is 5.47. The van der Waals surface area contributed by atoms with Crippen LogP contribution < -0.4 is 10.6 Å². The minimum atomic E-state index is 0. The predicted octanol–water partition coefficient (Wildman–Crippen LogP) is 1.60. The monoisotopic (exact) mass is 438 g/mol. The molecule has 0 aromatic carbocycles. The summed E-state index contributed by atoms with van der Waals surface area (Å²) in [6.45, 7) is 8.48. The molecule has 7 nitrogen and oxygen atoms in total. The van der Waals surface area contributed by atoms with Crippen LogP contribution in [0.4, 0.5) is 0 Å². The van der Waals surface area contributed by atoms with Gasteiger partial charge in [0, 0.05) is 26.7 Å². The van der Waals surface area contributed by atoms with E-state index in [1.54, 1.807) is 0 Å². The fourth-order valence-corrected chi connectivity index (χ4v) is 2.26. The van der Waals surface area contributed by atoms with Crippen molar-refractivity contribution in [3.63, 3.8) is 0 Å². The number of aliphatic hydroxyl groups excluding tert-OH is 1. The highest BCUT2D eigenvalue weighted by Crippen LogP contribution is 2.09. The Bertz CT molecular complexity index is 457. The van der Waals surface area contributed by atoms with Gasteiger partial charge in [0.2, 0.25) is 0 Å². The Kier molecular flexibility index (Phi) is 12.0. The van der Waals surface area contributed by atoms with Gasteiger partial charge in [0.25, 0.3) is 0 Å². The average Bonchev–Trinajstić information content (AvgIpc) is 2.82. The van der Waals surface area contributed by atoms with Crippen LogP contribution in [0.15, 0.2) is 4.99 Å². The van der Waals surface area contributed by atoms with Crippen LogP contribution in [-0.4, -0.2) is 45.5 Å². The fraction of sp³-hybridized carbons (Fsp3) is 0.800. The molecule has 0 fully saturated rings. The lowest BCUT2D eigenvalue weighted by Gasteiger charge is -2.18. The zero-order valence-corrected chi connectivity index (χ0v) is 17.0. The Morgan fingerprint density at radius 3 is 2.52 bits per heavy atom. The average molecular weight is 438 g/mol. The summed E-state index contributed by atoms with van der Waals surface area (Å²) in [7, 11) is 1.94. The molecule has 1 heterocycles. The molecule has 23 heavy (non-hydrogen) atoms. The van der Waals surface area contributed by atoms with Crippen molar-refractivity contribution in [2.75, 3.05) is 19.7 Å². The molecule has 0 aliphatic carbocycles. The summed E-state index contributed by atoms with van der Waals surface area (Å²) in [5.41, 5.74) is 0. The van der Waals surface area contributed by atoms with Crippen LogP contribution in [0, 0.1) is 12.8 Å². The Morgan fingerprint density at radius 1 is 1.26 bits per heavy atom. The van der Waals surface area contributed by atoms with Gasteiger partial charge >= 0.3 is 0 Å². The molecule has 1 rings (SSSR count). The van der Waals surface area contributed by atoms with Gasteiger partial charge in [-0.05, 0) is 32.6 Å². The van der Waals surface area contributed by atoms with Gasteiger partial charge in [-0.3, -0.25) is 0 Å². The first-order valence-corrected chi connectivity index (χ1v) is 8.10. The van der Waals surface area contributed by atoms with Crippen LogP contribution in [-0.2, 0) is 13.6 Å². The number of nitrogens with zero attached hydrogens (tertiary/aromatic N) is 4. The maximum Gasteiger partial charge on any atom is 0.191 e. The van der Waals surface area contributed by atoms with Gasteiger partial charge in [0.05, 0.1) is 0 Å². The summed E-state index contributed by atoms with van der Waals surface area (Å²) in [6, 6.07) is 0. The number of hydrogen-bond donors (Lipinski definition) is 3. The van der Waals surface area contributed by atoms with E-state index in [1.165, 1.54) is 0 Å². The van der Waals surface area contributed by atoms with Crippen LogP contribution >= 0.6 is 24.0 Å². The Hall–Kier alpha value is -0.900. The molecule has 0 radical (unpaired) electrons. The molecule has 8 heteroatoms. The molecule has 0 saturated carbocycles. The maximum absolute atomic E-state index is 9.13. The molecule has 3 N–H and O–H groups in total. The zero-order valence-electron chi connectivity index (χ0n) is 14.7. The van der Waals surface area contributed by atoms with E-state index >= 15 is 0 Å². The lowest BCUT2D eigenvalue weighted by Crippen LogP contribution is -2.40. The molecular weight excluding hydrogens is 407 g/mol. The normalized spacial score (nSPS) is 12.7. The molecule has 0 saturated heterocycles. The van der Waals surface area contributed by atoms with E-state index < -0.39 is 0 Å². The quantitative estimate of drug-likeness (QED) is 0.310. The minimum absolute atomic E-state index is 0. The molecule has 134 valence electrons. The third-order valence-corrected chi connectivity index (χ3v) is 3.70. The van der Waals surface area contributed by atoms with Crippen molar-refractivity contribution in [3.8, 4) is 0 Å². The topological polar surface area (TPSA) is 87.4 Å². The van der Waals surface area contributed by atoms with Gasteiger partial charge in [0.15, 0.2) is 11.8 Å². The first-order chi connectivity index (χ1) is 10.6. The summed E-state index contributed by atoms with van der Waals surface area (Å²) < 4.78 is 1.94. The summed E-state index contributed by atoms with van der Waals surface area (Å²) >= 11 is 0. The van der Waals surface area contributed by atoms with E-state index in [9.17, 15) is 0 Å². The summed E-state index contributed by atoms with van der Waals surface area (Å²) in [5.74, 6) is 2.97. The Morgan fingerprint density at radius 2 is 2.00 bits per heavy atom. The van der Waals surface area contributed by atoms with E-state index in [1.807, 2.05) is 25.5 Å². The molecule has 0 bridgehead atoms. The van der Waals surface area contributed by atoms with Crippen molar-refractivity contribution in [2.24, 2.45) is 18.0 Å². The number of aliphatic imine (C=N–C) groups is 1. The number of aliphatic hydroxyl groups is 1. The summed E-state index contributed by atoms with van der Waals surface area (Å²) in [5, 5.41) is 23.9. The number of aryl methyl sites for hydroxylation is 1. The van der Waals surface area contributed by atoms with E-state index in [4.69, 9.17) is 5.11 Å². The highest BCUT2D eigenvalue weighted by molar-refractivity contribution is 14.0. The largest absolute Gasteiger partial charge is 0.396 e. The second-order valence-electron chi connectivity index (χ2n) is 5.47. The molecule has 0 spiro atoms. The van der Waals surface area contributed by atoms with Crippen molar-refractivity contribution < 1.29 is 5.11 Å². The number of rotatable bonds is 9. The highest BCUT2D eigenvalue weighted by atomic mass is 127. The van der Waals surface area contributed by atoms with Crippen LogP contribution in [0.1, 0.15) is 44.8 Å². The molecule has 1 aromatic rings. The van der Waals surface area contributed by atoms with Crippen molar-refractivity contribution in [2.45, 2.75) is 46.6 Å². The second kappa shape index (κ2) is 12.5. The van der Waals surface area contributed by atoms with Gasteiger partial charge in [-0.25, -0.2) is 4.99 Å². The lowest BCUT2D eigenvalue weighted by molar-refractivity contribution is 0.251. The Labute approximate surface area is 156 Å². The third-order valence-electron chi connectivity index (χ3n) is 3.70. The number of nitrogens with one attached hydrogen (secondary N) is 2. The van der Waals surface area contributed by atoms with Crippen LogP contribution in [0.5, 0.6) is 0 Å². The fourth-order valence-electron chi connectivity index (χ4n) is 2.26. The number of halogens is 1. The molecule has 0 aliphatic heterocycles. The van der Waals surface area contributed by atoms with E-state index in [0.717, 1.165) is 50.0 Å². The van der Waals surface area contributed by atoms with Gasteiger partial charge in [0.1, 0.15) is 12.4 Å². The van der Waals surface area contributed by atoms with Gasteiger partial charge in [-0.15, -0.1) is 34.2 Å². The standard InChI is InChI=1S/C15H30N6O.HI/c1-5-7-13(8-9-22)10-17-15(16-6-2)18-11-14-20-19-12(3)21(14)4;/h13,22H,5-11H2,1-4H3,(H2,16,17,18);1H. The molecule has 0 amide bonds. The van der Waals surface area contributed by atoms with Crippen LogP contribution in [0.2, 0.25) is 0 Å². The maximum atomic E-state index is 9.13. The third kappa shape index (κ3) is 7.96. The lowest BCUT2D eigenvalue weighted by atomic mass is 10.0. The van der Waals surface area contributed by atoms with E-state index in [2.05, 4.69) is 32.7 Å². The number of guanidine groups is 1. The minimum Gasteiger partial charge on any atom is -0.396 e. The van der Waals surface area contributed by atoms with Crippen LogP contribution in [0.25, 0.3) is 0 Å². The molecule has 1 aromatic heterocycles. The molecule has 1 unspecified atom stereocenters. The van der Waals surface area contributed by atoms with E-state index in [-0.39, 0.29) is 30.6 Å². The van der Waals surface area contributed by atoms with Gasteiger partial charge in [-0.2, -0.15) is 0 Å². The Balaban J connectivity index is 0.00000484. The first-order valence-electron chi connectivity index (χ1n) is 8.10. The highest BCUT2D eigenvalue weighted by Gasteiger charge is 2.09. The summed E-state index contributed by atoms with van der Waals surface area (Å²) in [6.07, 6.45) is 3.05. The van der Waals surface area contributed by atoms with Crippen molar-refractivity contribution in [1.29, 1.82) is 0 Å². The van der Waals surface area contributed by atoms with Gasteiger partial charge < -0.3 is 20.3 Å². The SMILES string of the molecule is CCCC(CCO)CNC(=NCc1nnc(C)n1C)NCC.I. The van der Waals surface area contributed by atoms with Crippen LogP contribution in [0.3, 0.4) is 0 Å². The smallest absolute Gasteiger partial charge is 0.191 e. The zero-order chi connectivity index (χ0) is 16.4.